The summed E-state index contributed by atoms with van der Waals surface area (Å²) in [6.45, 7) is 5.67. The Morgan fingerprint density at radius 1 is 0.750 bits per heavy atom. The third-order valence-electron chi connectivity index (χ3n) is 4.17. The number of nitrogens with zero attached hydrogens (tertiary/aromatic N) is 11. The van der Waals surface area contributed by atoms with E-state index in [0.29, 0.717) is 4.79 Å². The fourth-order valence-electron chi connectivity index (χ4n) is 2.51. The van der Waals surface area contributed by atoms with Gasteiger partial charge in [0.1, 0.15) is 0 Å². The maximum absolute atomic E-state index is 11.8. The highest BCUT2D eigenvalue weighted by Gasteiger charge is 1.98. The van der Waals surface area contributed by atoms with Crippen molar-refractivity contribution < 1.29 is 9.27 Å². The number of halogens is 1. The van der Waals surface area contributed by atoms with E-state index < -0.39 is 0 Å². The molecule has 1 N–H and O–H groups in total. The average molecular weight is 550 g/mol. The van der Waals surface area contributed by atoms with Crippen LogP contribution in [0, 0.1) is 20.8 Å². The standard InChI is InChI=1S/2C8H8N4.C5H5FN.C3H5N3.3CH4/c1-7-6-12(11-10-7)8-4-2-3-5-9-8;1-7-6-10-12(11-7)8-4-2-3-5-9-8;6-7-4-2-1-3-5-7;1-3-2-4-6-5-3;;;/h2*2-6H,1H3;1-5H;2H,1H3,(H,4,5,6);3*1H4/q;;+1;;;;. The van der Waals surface area contributed by atoms with Gasteiger partial charge in [0, 0.05) is 29.3 Å². The monoisotopic (exact) mass is 549 g/mol. The Labute approximate surface area is 234 Å². The maximum Gasteiger partial charge on any atom is 0.218 e. The van der Waals surface area contributed by atoms with Gasteiger partial charge in [0.25, 0.3) is 0 Å². The summed E-state index contributed by atoms with van der Waals surface area (Å²) in [6.07, 6.45) is 11.3. The van der Waals surface area contributed by atoms with Gasteiger partial charge in [-0.1, -0.05) is 45.7 Å². The molecule has 0 saturated heterocycles. The number of aromatic nitrogens is 12. The van der Waals surface area contributed by atoms with Crippen molar-refractivity contribution in [1.29, 1.82) is 0 Å². The van der Waals surface area contributed by atoms with Gasteiger partial charge in [-0.05, 0) is 45.0 Å². The lowest BCUT2D eigenvalue weighted by Crippen LogP contribution is -2.18. The van der Waals surface area contributed by atoms with E-state index in [4.69, 9.17) is 0 Å². The summed E-state index contributed by atoms with van der Waals surface area (Å²) in [5, 5.41) is 25.6. The lowest BCUT2D eigenvalue weighted by atomic mass is 10.4. The molecule has 212 valence electrons. The summed E-state index contributed by atoms with van der Waals surface area (Å²) < 4.78 is 13.5. The summed E-state index contributed by atoms with van der Waals surface area (Å²) >= 11 is 0. The van der Waals surface area contributed by atoms with Crippen molar-refractivity contribution in [2.24, 2.45) is 0 Å². The van der Waals surface area contributed by atoms with Gasteiger partial charge in [0.05, 0.1) is 40.2 Å². The molecule has 0 spiro atoms. The number of pyridine rings is 3. The van der Waals surface area contributed by atoms with E-state index in [-0.39, 0.29) is 22.3 Å². The molecule has 0 aliphatic heterocycles. The third kappa shape index (κ3) is 12.4. The second-order valence-electron chi connectivity index (χ2n) is 7.29. The minimum atomic E-state index is 0. The number of nitrogens with one attached hydrogen (secondary N) is 1. The van der Waals surface area contributed by atoms with Crippen molar-refractivity contribution in [3.05, 3.63) is 115 Å². The van der Waals surface area contributed by atoms with E-state index in [1.165, 1.54) is 17.2 Å². The van der Waals surface area contributed by atoms with Gasteiger partial charge >= 0.3 is 0 Å². The number of hydrogen-bond acceptors (Lipinski definition) is 8. The summed E-state index contributed by atoms with van der Waals surface area (Å²) in [7, 11) is 0. The molecule has 6 aromatic heterocycles. The highest BCUT2D eigenvalue weighted by molar-refractivity contribution is 5.19. The minimum absolute atomic E-state index is 0. The molecule has 0 aliphatic carbocycles. The van der Waals surface area contributed by atoms with Crippen LogP contribution in [-0.4, -0.2) is 55.4 Å². The summed E-state index contributed by atoms with van der Waals surface area (Å²) in [5.41, 5.74) is 2.70. The van der Waals surface area contributed by atoms with Crippen LogP contribution < -0.4 is 4.79 Å². The van der Waals surface area contributed by atoms with Crippen molar-refractivity contribution in [3.8, 4) is 11.6 Å². The van der Waals surface area contributed by atoms with Crippen LogP contribution in [0.2, 0.25) is 0 Å². The normalized spacial score (nSPS) is 8.90. The summed E-state index contributed by atoms with van der Waals surface area (Å²) in [6, 6.07) is 16.3. The molecule has 0 radical (unpaired) electrons. The van der Waals surface area contributed by atoms with Crippen molar-refractivity contribution >= 4 is 0 Å². The first-order valence-electron chi connectivity index (χ1n) is 11.1. The molecule has 13 heteroatoms. The number of aryl methyl sites for hydroxylation is 3. The SMILES string of the molecule is C.C.C.Cc1cn(-c2ccccn2)nn1.Cc1cn[nH]n1.Cc1cnn(-c2ccccn2)n1.F[n+]1ccccc1. The lowest BCUT2D eigenvalue weighted by molar-refractivity contribution is -0.843. The Morgan fingerprint density at radius 3 is 1.77 bits per heavy atom. The quantitative estimate of drug-likeness (QED) is 0.329. The minimum Gasteiger partial charge on any atom is -0.237 e. The Kier molecular flexibility index (Phi) is 16.5. The van der Waals surface area contributed by atoms with Crippen molar-refractivity contribution in [2.45, 2.75) is 43.1 Å². The summed E-state index contributed by atoms with van der Waals surface area (Å²) in [5.74, 6) is 1.53. The largest absolute Gasteiger partial charge is 0.237 e. The molecule has 0 unspecified atom stereocenters. The Hall–Kier alpha value is -5.20. The van der Waals surface area contributed by atoms with Gasteiger partial charge in [0.15, 0.2) is 11.6 Å². The Bertz CT molecular complexity index is 1330. The van der Waals surface area contributed by atoms with E-state index in [1.807, 2.05) is 63.4 Å². The van der Waals surface area contributed by atoms with Gasteiger partial charge in [0.2, 0.25) is 12.4 Å². The molecule has 6 aromatic rings. The number of H-pyrrole nitrogens is 1. The van der Waals surface area contributed by atoms with Crippen molar-refractivity contribution in [2.75, 3.05) is 0 Å². The van der Waals surface area contributed by atoms with Gasteiger partial charge in [-0.25, -0.2) is 14.6 Å². The Morgan fingerprint density at radius 2 is 1.40 bits per heavy atom. The molecule has 0 bridgehead atoms. The molecule has 0 aromatic carbocycles. The van der Waals surface area contributed by atoms with Crippen LogP contribution in [0.5, 0.6) is 0 Å². The molecule has 0 atom stereocenters. The molecule has 12 nitrogen and oxygen atoms in total. The van der Waals surface area contributed by atoms with Crippen LogP contribution in [0.25, 0.3) is 11.6 Å². The highest BCUT2D eigenvalue weighted by atomic mass is 19.2. The lowest BCUT2D eigenvalue weighted by Gasteiger charge is -1.95. The van der Waals surface area contributed by atoms with Crippen LogP contribution in [-0.2, 0) is 0 Å². The molecule has 0 saturated carbocycles. The van der Waals surface area contributed by atoms with Gasteiger partial charge in [-0.3, -0.25) is 0 Å². The van der Waals surface area contributed by atoms with Crippen molar-refractivity contribution in [3.63, 3.8) is 0 Å². The van der Waals surface area contributed by atoms with E-state index in [9.17, 15) is 4.48 Å². The van der Waals surface area contributed by atoms with Gasteiger partial charge in [-0.2, -0.15) is 25.6 Å². The fourth-order valence-corrected chi connectivity index (χ4v) is 2.51. The summed E-state index contributed by atoms with van der Waals surface area (Å²) in [4.78, 5) is 10.2. The smallest absolute Gasteiger partial charge is 0.218 e. The molecule has 0 fully saturated rings. The number of aromatic amines is 1. The fraction of sp³-hybridized carbons (Fsp3) is 0.222. The Balaban J connectivity index is 0.000000514. The van der Waals surface area contributed by atoms with Crippen molar-refractivity contribution in [1.82, 2.24) is 55.4 Å². The van der Waals surface area contributed by atoms with Crippen LogP contribution >= 0.6 is 0 Å². The van der Waals surface area contributed by atoms with E-state index in [1.54, 1.807) is 47.7 Å². The van der Waals surface area contributed by atoms with Gasteiger partial charge < -0.3 is 0 Å². The number of hydrogen-bond donors (Lipinski definition) is 1. The predicted octanol–water partition coefficient (Wildman–Crippen LogP) is 4.67. The van der Waals surface area contributed by atoms with Crippen LogP contribution in [0.1, 0.15) is 39.4 Å². The van der Waals surface area contributed by atoms with Gasteiger partial charge in [-0.15, -0.1) is 9.90 Å². The second kappa shape index (κ2) is 19.0. The highest BCUT2D eigenvalue weighted by Crippen LogP contribution is 2.00. The third-order valence-corrected chi connectivity index (χ3v) is 4.17. The maximum atomic E-state index is 11.8. The zero-order valence-corrected chi connectivity index (χ0v) is 20.5. The molecule has 40 heavy (non-hydrogen) atoms. The first kappa shape index (κ1) is 34.8. The van der Waals surface area contributed by atoms with E-state index in [0.717, 1.165) is 28.7 Å². The number of rotatable bonds is 2. The zero-order chi connectivity index (χ0) is 26.3. The first-order valence-corrected chi connectivity index (χ1v) is 11.1. The van der Waals surface area contributed by atoms with Crippen LogP contribution in [0.15, 0.2) is 98.0 Å². The van der Waals surface area contributed by atoms with Crippen LogP contribution in [0.4, 0.5) is 4.48 Å². The molecule has 0 amide bonds. The predicted molar refractivity (Wildman–Crippen MR) is 152 cm³/mol. The molecule has 6 heterocycles. The molecule has 6 rings (SSSR count). The molecular weight excluding hydrogens is 511 g/mol. The first-order chi connectivity index (χ1) is 18.0. The average Bonchev–Trinajstić information content (AvgIpc) is 3.70. The topological polar surface area (TPSA) is 133 Å². The van der Waals surface area contributed by atoms with E-state index in [2.05, 4.69) is 45.9 Å². The molecular formula is C27H38FN12+. The molecule has 0 aliphatic rings. The van der Waals surface area contributed by atoms with Crippen LogP contribution in [0.3, 0.4) is 0 Å². The second-order valence-corrected chi connectivity index (χ2v) is 7.29. The van der Waals surface area contributed by atoms with E-state index >= 15 is 0 Å². The zero-order valence-electron chi connectivity index (χ0n) is 20.5.